The van der Waals surface area contributed by atoms with Gasteiger partial charge in [-0.05, 0) is 37.1 Å². The summed E-state index contributed by atoms with van der Waals surface area (Å²) in [4.78, 5) is 13.3. The number of nitrogens with zero attached hydrogens (tertiary/aromatic N) is 1. The number of hydrogen-bond donors (Lipinski definition) is 1. The molecule has 1 aromatic rings. The maximum atomic E-state index is 11.6. The van der Waals surface area contributed by atoms with Crippen molar-refractivity contribution in [2.45, 2.75) is 32.2 Å². The zero-order chi connectivity index (χ0) is 12.4. The first-order valence-electron chi connectivity index (χ1n) is 6.21. The first-order chi connectivity index (χ1) is 8.15. The van der Waals surface area contributed by atoms with Crippen LogP contribution in [0, 0.1) is 0 Å². The number of rotatable bonds is 4. The molecule has 1 heterocycles. The number of amides is 1. The normalized spacial score (nSPS) is 16.2. The van der Waals surface area contributed by atoms with E-state index in [9.17, 15) is 4.79 Å². The number of carbonyl (C=O) groups is 1. The standard InChI is InChI=1S/C14H20N2O/c1-4-12(15-2)8-10-5-6-13-11(7-10)9-14(17)16(13)3/h5-7,12,15H,4,8-9H2,1-3H3. The molecule has 0 aromatic heterocycles. The van der Waals surface area contributed by atoms with Crippen molar-refractivity contribution in [3.63, 3.8) is 0 Å². The minimum atomic E-state index is 0.192. The van der Waals surface area contributed by atoms with Gasteiger partial charge in [0.2, 0.25) is 5.91 Å². The van der Waals surface area contributed by atoms with E-state index >= 15 is 0 Å². The van der Waals surface area contributed by atoms with Crippen molar-refractivity contribution in [1.82, 2.24) is 5.32 Å². The molecule has 0 saturated heterocycles. The van der Waals surface area contributed by atoms with Gasteiger partial charge in [0, 0.05) is 18.8 Å². The summed E-state index contributed by atoms with van der Waals surface area (Å²) in [6.07, 6.45) is 2.70. The number of hydrogen-bond acceptors (Lipinski definition) is 2. The lowest BCUT2D eigenvalue weighted by atomic mass is 10.0. The third-order valence-electron chi connectivity index (χ3n) is 3.60. The van der Waals surface area contributed by atoms with E-state index < -0.39 is 0 Å². The molecule has 1 amide bonds. The fourth-order valence-electron chi connectivity index (χ4n) is 2.39. The molecule has 3 nitrogen and oxygen atoms in total. The Hall–Kier alpha value is -1.35. The molecule has 0 fully saturated rings. The largest absolute Gasteiger partial charge is 0.317 e. The topological polar surface area (TPSA) is 32.3 Å². The second kappa shape index (κ2) is 4.88. The molecular weight excluding hydrogens is 212 g/mol. The summed E-state index contributed by atoms with van der Waals surface area (Å²) in [5.74, 6) is 0.192. The molecule has 17 heavy (non-hydrogen) atoms. The average Bonchev–Trinajstić information content (AvgIpc) is 2.62. The number of benzene rings is 1. The van der Waals surface area contributed by atoms with Gasteiger partial charge in [0.05, 0.1) is 6.42 Å². The summed E-state index contributed by atoms with van der Waals surface area (Å²) >= 11 is 0. The highest BCUT2D eigenvalue weighted by atomic mass is 16.2. The van der Waals surface area contributed by atoms with E-state index in [0.29, 0.717) is 12.5 Å². The minimum absolute atomic E-state index is 0.192. The Balaban J connectivity index is 2.18. The van der Waals surface area contributed by atoms with Crippen LogP contribution in [0.15, 0.2) is 18.2 Å². The lowest BCUT2D eigenvalue weighted by Crippen LogP contribution is -2.26. The first-order valence-corrected chi connectivity index (χ1v) is 6.21. The molecule has 0 spiro atoms. The average molecular weight is 232 g/mol. The van der Waals surface area contributed by atoms with E-state index in [1.165, 1.54) is 11.1 Å². The van der Waals surface area contributed by atoms with E-state index in [-0.39, 0.29) is 5.91 Å². The Kier molecular flexibility index (Phi) is 3.48. The van der Waals surface area contributed by atoms with Gasteiger partial charge in [-0.15, -0.1) is 0 Å². The van der Waals surface area contributed by atoms with Gasteiger partial charge in [-0.25, -0.2) is 0 Å². The van der Waals surface area contributed by atoms with E-state index in [0.717, 1.165) is 18.5 Å². The molecule has 0 radical (unpaired) electrons. The molecule has 3 heteroatoms. The van der Waals surface area contributed by atoms with Gasteiger partial charge in [0.1, 0.15) is 0 Å². The van der Waals surface area contributed by atoms with E-state index in [1.807, 2.05) is 14.1 Å². The van der Waals surface area contributed by atoms with Crippen LogP contribution in [0.25, 0.3) is 0 Å². The maximum absolute atomic E-state index is 11.6. The lowest BCUT2D eigenvalue weighted by molar-refractivity contribution is -0.117. The second-order valence-corrected chi connectivity index (χ2v) is 4.69. The smallest absolute Gasteiger partial charge is 0.231 e. The first kappa shape index (κ1) is 12.1. The monoisotopic (exact) mass is 232 g/mol. The molecule has 1 unspecified atom stereocenters. The van der Waals surface area contributed by atoms with Gasteiger partial charge in [-0.1, -0.05) is 19.1 Å². The molecule has 1 aliphatic rings. The van der Waals surface area contributed by atoms with E-state index in [1.54, 1.807) is 4.90 Å². The van der Waals surface area contributed by atoms with Gasteiger partial charge in [0.15, 0.2) is 0 Å². The number of nitrogens with one attached hydrogen (secondary N) is 1. The quantitative estimate of drug-likeness (QED) is 0.857. The Morgan fingerprint density at radius 3 is 2.88 bits per heavy atom. The highest BCUT2D eigenvalue weighted by molar-refractivity contribution is 6.00. The zero-order valence-electron chi connectivity index (χ0n) is 10.8. The third kappa shape index (κ3) is 2.34. The van der Waals surface area contributed by atoms with Crippen molar-refractivity contribution in [3.05, 3.63) is 29.3 Å². The molecule has 1 aromatic carbocycles. The van der Waals surface area contributed by atoms with Crippen molar-refractivity contribution >= 4 is 11.6 Å². The fraction of sp³-hybridized carbons (Fsp3) is 0.500. The molecule has 1 N–H and O–H groups in total. The highest BCUT2D eigenvalue weighted by Crippen LogP contribution is 2.28. The van der Waals surface area contributed by atoms with Gasteiger partial charge < -0.3 is 10.2 Å². The number of carbonyl (C=O) groups excluding carboxylic acids is 1. The Morgan fingerprint density at radius 2 is 2.24 bits per heavy atom. The molecule has 1 aliphatic heterocycles. The zero-order valence-corrected chi connectivity index (χ0v) is 10.8. The highest BCUT2D eigenvalue weighted by Gasteiger charge is 2.23. The molecule has 0 saturated carbocycles. The van der Waals surface area contributed by atoms with Crippen molar-refractivity contribution in [1.29, 1.82) is 0 Å². The Morgan fingerprint density at radius 1 is 1.47 bits per heavy atom. The molecule has 0 aliphatic carbocycles. The lowest BCUT2D eigenvalue weighted by Gasteiger charge is -2.15. The summed E-state index contributed by atoms with van der Waals surface area (Å²) in [7, 11) is 3.84. The summed E-state index contributed by atoms with van der Waals surface area (Å²) in [5, 5.41) is 3.31. The number of fused-ring (bicyclic) bond motifs is 1. The predicted octanol–water partition coefficient (Wildman–Crippen LogP) is 1.75. The molecule has 2 rings (SSSR count). The minimum Gasteiger partial charge on any atom is -0.317 e. The summed E-state index contributed by atoms with van der Waals surface area (Å²) in [5.41, 5.74) is 3.55. The van der Waals surface area contributed by atoms with Gasteiger partial charge in [-0.3, -0.25) is 4.79 Å². The maximum Gasteiger partial charge on any atom is 0.231 e. The van der Waals surface area contributed by atoms with Crippen molar-refractivity contribution in [2.75, 3.05) is 19.0 Å². The van der Waals surface area contributed by atoms with Crippen LogP contribution in [-0.4, -0.2) is 26.0 Å². The van der Waals surface area contributed by atoms with Crippen LogP contribution in [0.4, 0.5) is 5.69 Å². The second-order valence-electron chi connectivity index (χ2n) is 4.69. The third-order valence-corrected chi connectivity index (χ3v) is 3.60. The van der Waals surface area contributed by atoms with Crippen molar-refractivity contribution in [2.24, 2.45) is 0 Å². The number of likely N-dealkylation sites (N-methyl/N-ethyl adjacent to an activating group) is 2. The van der Waals surface area contributed by atoms with Gasteiger partial charge in [-0.2, -0.15) is 0 Å². The summed E-state index contributed by atoms with van der Waals surface area (Å²) in [6.45, 7) is 2.19. The van der Waals surface area contributed by atoms with Crippen LogP contribution in [0.2, 0.25) is 0 Å². The molecule has 0 bridgehead atoms. The van der Waals surface area contributed by atoms with Crippen molar-refractivity contribution in [3.8, 4) is 0 Å². The van der Waals surface area contributed by atoms with E-state index in [4.69, 9.17) is 0 Å². The molecular formula is C14H20N2O. The van der Waals surface area contributed by atoms with Crippen molar-refractivity contribution < 1.29 is 4.79 Å². The Bertz CT molecular complexity index is 424. The molecule has 1 atom stereocenters. The van der Waals surface area contributed by atoms with Gasteiger partial charge >= 0.3 is 0 Å². The summed E-state index contributed by atoms with van der Waals surface area (Å²) in [6, 6.07) is 6.89. The summed E-state index contributed by atoms with van der Waals surface area (Å²) < 4.78 is 0. The van der Waals surface area contributed by atoms with Crippen LogP contribution in [0.5, 0.6) is 0 Å². The predicted molar refractivity (Wildman–Crippen MR) is 70.4 cm³/mol. The van der Waals surface area contributed by atoms with Crippen LogP contribution < -0.4 is 10.2 Å². The van der Waals surface area contributed by atoms with Crippen LogP contribution >= 0.6 is 0 Å². The van der Waals surface area contributed by atoms with Crippen LogP contribution in [0.1, 0.15) is 24.5 Å². The van der Waals surface area contributed by atoms with E-state index in [2.05, 4.69) is 30.4 Å². The fourth-order valence-corrected chi connectivity index (χ4v) is 2.39. The van der Waals surface area contributed by atoms with Gasteiger partial charge in [0.25, 0.3) is 0 Å². The Labute approximate surface area is 103 Å². The van der Waals surface area contributed by atoms with Crippen LogP contribution in [-0.2, 0) is 17.6 Å². The SMILES string of the molecule is CCC(Cc1ccc2c(c1)CC(=O)N2C)NC. The molecule has 92 valence electrons. The number of anilines is 1. The van der Waals surface area contributed by atoms with Crippen LogP contribution in [0.3, 0.4) is 0 Å².